The van der Waals surface area contributed by atoms with E-state index in [2.05, 4.69) is 48.5 Å². The van der Waals surface area contributed by atoms with Crippen molar-refractivity contribution < 1.29 is 4.39 Å². The Hall–Kier alpha value is -2.04. The zero-order valence-corrected chi connectivity index (χ0v) is 14.3. The highest BCUT2D eigenvalue weighted by Gasteiger charge is 2.43. The minimum atomic E-state index is -0.394. The lowest BCUT2D eigenvalue weighted by Crippen LogP contribution is -2.43. The van der Waals surface area contributed by atoms with E-state index in [0.29, 0.717) is 0 Å². The second-order valence-corrected chi connectivity index (χ2v) is 7.05. The van der Waals surface area contributed by atoms with Crippen molar-refractivity contribution in [3.63, 3.8) is 0 Å². The van der Waals surface area contributed by atoms with Crippen molar-refractivity contribution in [3.8, 4) is 0 Å². The molecule has 2 aromatic carbocycles. The van der Waals surface area contributed by atoms with E-state index < -0.39 is 5.54 Å². The first-order valence-electron chi connectivity index (χ1n) is 8.40. The van der Waals surface area contributed by atoms with Gasteiger partial charge in [-0.15, -0.1) is 0 Å². The average Bonchev–Trinajstić information content (AvgIpc) is 3.09. The SMILES string of the molecule is Cc1cc(C)c(C[C@@H]2NCC3(C=Nc4ccc(F)cc43)N2)c(C)c1. The number of aryl methyl sites for hydroxylation is 3. The first kappa shape index (κ1) is 15.5. The lowest BCUT2D eigenvalue weighted by molar-refractivity contribution is 0.491. The van der Waals surface area contributed by atoms with Crippen LogP contribution in [0.5, 0.6) is 0 Å². The van der Waals surface area contributed by atoms with E-state index in [1.807, 2.05) is 6.21 Å². The molecule has 1 spiro atoms. The molecule has 1 unspecified atom stereocenters. The topological polar surface area (TPSA) is 36.4 Å². The van der Waals surface area contributed by atoms with Crippen molar-refractivity contribution in [2.75, 3.05) is 6.54 Å². The van der Waals surface area contributed by atoms with Gasteiger partial charge in [0.05, 0.1) is 17.4 Å². The molecule has 4 heteroatoms. The second kappa shape index (κ2) is 5.50. The highest BCUT2D eigenvalue weighted by atomic mass is 19.1. The summed E-state index contributed by atoms with van der Waals surface area (Å²) in [6, 6.07) is 9.28. The molecule has 0 aliphatic carbocycles. The van der Waals surface area contributed by atoms with Gasteiger partial charge in [-0.25, -0.2) is 4.39 Å². The zero-order chi connectivity index (χ0) is 16.9. The van der Waals surface area contributed by atoms with E-state index in [1.54, 1.807) is 12.1 Å². The van der Waals surface area contributed by atoms with E-state index >= 15 is 0 Å². The Labute approximate surface area is 142 Å². The van der Waals surface area contributed by atoms with E-state index in [4.69, 9.17) is 0 Å². The third-order valence-corrected chi connectivity index (χ3v) is 5.17. The van der Waals surface area contributed by atoms with Crippen molar-refractivity contribution in [3.05, 3.63) is 64.0 Å². The maximum atomic E-state index is 13.7. The van der Waals surface area contributed by atoms with Crippen molar-refractivity contribution in [1.82, 2.24) is 10.6 Å². The standard InChI is InChI=1S/C20H22FN3/c1-12-6-13(2)16(14(3)7-12)9-19-23-11-20(24-19)10-22-18-5-4-15(21)8-17(18)20/h4-8,10,19,23-24H,9,11H2,1-3H3/t19-,20?/m1/s1. The van der Waals surface area contributed by atoms with E-state index in [9.17, 15) is 4.39 Å². The predicted octanol–water partition coefficient (Wildman–Crippen LogP) is 3.42. The number of aliphatic imine (C=N–C) groups is 1. The van der Waals surface area contributed by atoms with Gasteiger partial charge < -0.3 is 0 Å². The Morgan fingerprint density at radius 1 is 1.17 bits per heavy atom. The summed E-state index contributed by atoms with van der Waals surface area (Å²) in [7, 11) is 0. The Morgan fingerprint density at radius 3 is 2.67 bits per heavy atom. The summed E-state index contributed by atoms with van der Waals surface area (Å²) in [5.74, 6) is -0.214. The molecular weight excluding hydrogens is 301 g/mol. The predicted molar refractivity (Wildman–Crippen MR) is 95.5 cm³/mol. The molecule has 0 bridgehead atoms. The van der Waals surface area contributed by atoms with Gasteiger partial charge in [-0.05, 0) is 55.7 Å². The van der Waals surface area contributed by atoms with Gasteiger partial charge in [0, 0.05) is 24.7 Å². The maximum Gasteiger partial charge on any atom is 0.123 e. The van der Waals surface area contributed by atoms with Crippen LogP contribution in [0.4, 0.5) is 10.1 Å². The first-order valence-corrected chi connectivity index (χ1v) is 8.40. The highest BCUT2D eigenvalue weighted by Crippen LogP contribution is 2.37. The summed E-state index contributed by atoms with van der Waals surface area (Å²) in [6.07, 6.45) is 2.96. The third-order valence-electron chi connectivity index (χ3n) is 5.17. The summed E-state index contributed by atoms with van der Waals surface area (Å²) >= 11 is 0. The van der Waals surface area contributed by atoms with Crippen molar-refractivity contribution >= 4 is 11.9 Å². The van der Waals surface area contributed by atoms with Gasteiger partial charge >= 0.3 is 0 Å². The molecule has 0 aromatic heterocycles. The largest absolute Gasteiger partial charge is 0.299 e. The van der Waals surface area contributed by atoms with Gasteiger partial charge in [0.1, 0.15) is 5.82 Å². The van der Waals surface area contributed by atoms with E-state index in [1.165, 1.54) is 28.3 Å². The van der Waals surface area contributed by atoms with Crippen LogP contribution in [-0.2, 0) is 12.0 Å². The number of fused-ring (bicyclic) bond motifs is 2. The molecule has 2 atom stereocenters. The molecule has 0 amide bonds. The molecule has 4 rings (SSSR count). The summed E-state index contributed by atoms with van der Waals surface area (Å²) in [5.41, 5.74) is 6.70. The molecule has 1 saturated heterocycles. The van der Waals surface area contributed by atoms with Crippen LogP contribution in [0.3, 0.4) is 0 Å². The number of halogens is 1. The number of nitrogens with zero attached hydrogens (tertiary/aromatic N) is 1. The van der Waals surface area contributed by atoms with E-state index in [-0.39, 0.29) is 12.0 Å². The molecular formula is C20H22FN3. The van der Waals surface area contributed by atoms with Crippen LogP contribution in [0.25, 0.3) is 0 Å². The summed E-state index contributed by atoms with van der Waals surface area (Å²) in [4.78, 5) is 4.47. The zero-order valence-electron chi connectivity index (χ0n) is 14.3. The Bertz CT molecular complexity index is 820. The van der Waals surface area contributed by atoms with Crippen LogP contribution in [0.2, 0.25) is 0 Å². The molecule has 0 saturated carbocycles. The average molecular weight is 323 g/mol. The maximum absolute atomic E-state index is 13.7. The lowest BCUT2D eigenvalue weighted by atomic mass is 9.92. The molecule has 2 heterocycles. The molecule has 2 aliphatic rings. The number of rotatable bonds is 2. The summed E-state index contributed by atoms with van der Waals surface area (Å²) in [6.45, 7) is 7.19. The third kappa shape index (κ3) is 2.46. The van der Waals surface area contributed by atoms with Crippen LogP contribution < -0.4 is 10.6 Å². The van der Waals surface area contributed by atoms with Crippen molar-refractivity contribution in [2.45, 2.75) is 38.9 Å². The molecule has 2 aliphatic heterocycles. The van der Waals surface area contributed by atoms with Crippen LogP contribution >= 0.6 is 0 Å². The summed E-state index contributed by atoms with van der Waals surface area (Å²) < 4.78 is 13.7. The van der Waals surface area contributed by atoms with Gasteiger partial charge in [-0.1, -0.05) is 17.7 Å². The molecule has 124 valence electrons. The molecule has 0 radical (unpaired) electrons. The Morgan fingerprint density at radius 2 is 1.92 bits per heavy atom. The number of nitrogens with one attached hydrogen (secondary N) is 2. The smallest absolute Gasteiger partial charge is 0.123 e. The molecule has 2 aromatic rings. The number of hydrogen-bond donors (Lipinski definition) is 2. The van der Waals surface area contributed by atoms with Crippen LogP contribution in [0, 0.1) is 26.6 Å². The molecule has 1 fully saturated rings. The van der Waals surface area contributed by atoms with Crippen LogP contribution in [-0.4, -0.2) is 18.9 Å². The Balaban J connectivity index is 1.59. The quantitative estimate of drug-likeness (QED) is 0.888. The van der Waals surface area contributed by atoms with Gasteiger partial charge in [-0.3, -0.25) is 15.6 Å². The van der Waals surface area contributed by atoms with Gasteiger partial charge in [0.2, 0.25) is 0 Å². The summed E-state index contributed by atoms with van der Waals surface area (Å²) in [5, 5.41) is 7.18. The fraction of sp³-hybridized carbons (Fsp3) is 0.350. The molecule has 3 nitrogen and oxygen atoms in total. The van der Waals surface area contributed by atoms with Crippen LogP contribution in [0.15, 0.2) is 35.3 Å². The second-order valence-electron chi connectivity index (χ2n) is 7.05. The fourth-order valence-electron chi connectivity index (χ4n) is 4.04. The van der Waals surface area contributed by atoms with Crippen LogP contribution in [0.1, 0.15) is 27.8 Å². The number of hydrogen-bond acceptors (Lipinski definition) is 3. The minimum absolute atomic E-state index is 0.144. The molecule has 2 N–H and O–H groups in total. The monoisotopic (exact) mass is 323 g/mol. The van der Waals surface area contributed by atoms with Gasteiger partial charge in [0.25, 0.3) is 0 Å². The Kier molecular flexibility index (Phi) is 3.55. The minimum Gasteiger partial charge on any atom is -0.299 e. The number of benzene rings is 2. The fourth-order valence-corrected chi connectivity index (χ4v) is 4.04. The lowest BCUT2D eigenvalue weighted by Gasteiger charge is -2.23. The van der Waals surface area contributed by atoms with Crippen molar-refractivity contribution in [1.29, 1.82) is 0 Å². The van der Waals surface area contributed by atoms with Crippen molar-refractivity contribution in [2.24, 2.45) is 4.99 Å². The van der Waals surface area contributed by atoms with Gasteiger partial charge in [0.15, 0.2) is 0 Å². The van der Waals surface area contributed by atoms with E-state index in [0.717, 1.165) is 24.2 Å². The highest BCUT2D eigenvalue weighted by molar-refractivity contribution is 5.85. The van der Waals surface area contributed by atoms with Gasteiger partial charge in [-0.2, -0.15) is 0 Å². The normalized spacial score (nSPS) is 24.8. The first-order chi connectivity index (χ1) is 11.5. The molecule has 24 heavy (non-hydrogen) atoms.